The van der Waals surface area contributed by atoms with Crippen LogP contribution in [0.2, 0.25) is 0 Å². The lowest BCUT2D eigenvalue weighted by Gasteiger charge is -2.26. The van der Waals surface area contributed by atoms with Crippen LogP contribution in [0.3, 0.4) is 0 Å². The smallest absolute Gasteiger partial charge is 0.250 e. The molecule has 1 heterocycles. The van der Waals surface area contributed by atoms with Crippen molar-refractivity contribution in [3.63, 3.8) is 0 Å². The third kappa shape index (κ3) is 3.02. The fourth-order valence-electron chi connectivity index (χ4n) is 2.72. The first-order valence-corrected chi connectivity index (χ1v) is 7.38. The summed E-state index contributed by atoms with van der Waals surface area (Å²) >= 11 is 0. The van der Waals surface area contributed by atoms with Crippen molar-refractivity contribution in [1.82, 2.24) is 5.32 Å². The number of benzene rings is 2. The van der Waals surface area contributed by atoms with Gasteiger partial charge in [0.2, 0.25) is 0 Å². The fraction of sp³-hybridized carbons (Fsp3) is 0.176. The molecule has 6 nitrogen and oxygen atoms in total. The lowest BCUT2D eigenvalue weighted by molar-refractivity contribution is 0.100. The van der Waals surface area contributed by atoms with Gasteiger partial charge in [0.05, 0.1) is 17.6 Å². The van der Waals surface area contributed by atoms with Crippen molar-refractivity contribution in [2.24, 2.45) is 10.7 Å². The molecular formula is C17H19N5O. The summed E-state index contributed by atoms with van der Waals surface area (Å²) in [4.78, 5) is 16.0. The third-order valence-corrected chi connectivity index (χ3v) is 3.91. The number of amides is 1. The summed E-state index contributed by atoms with van der Waals surface area (Å²) in [7, 11) is 0. The molecule has 0 aliphatic carbocycles. The molecule has 0 saturated carbocycles. The molecule has 0 saturated heterocycles. The lowest BCUT2D eigenvalue weighted by Crippen LogP contribution is -2.28. The monoisotopic (exact) mass is 309 g/mol. The van der Waals surface area contributed by atoms with Gasteiger partial charge < -0.3 is 16.8 Å². The molecule has 2 aromatic carbocycles. The van der Waals surface area contributed by atoms with Gasteiger partial charge in [0.15, 0.2) is 0 Å². The maximum atomic E-state index is 11.6. The second-order valence-electron chi connectivity index (χ2n) is 5.52. The minimum Gasteiger partial charge on any atom is -0.399 e. The molecule has 0 fully saturated rings. The molecule has 1 amide bonds. The molecule has 2 unspecified atom stereocenters. The maximum Gasteiger partial charge on any atom is 0.250 e. The number of aliphatic imine (C=N–C) groups is 1. The number of rotatable bonds is 4. The Labute approximate surface area is 134 Å². The Morgan fingerprint density at radius 1 is 1.30 bits per heavy atom. The van der Waals surface area contributed by atoms with Crippen LogP contribution in [0.15, 0.2) is 47.5 Å². The van der Waals surface area contributed by atoms with Gasteiger partial charge in [-0.15, -0.1) is 0 Å². The highest BCUT2D eigenvalue weighted by molar-refractivity contribution is 6.02. The second kappa shape index (κ2) is 6.10. The molecule has 0 aromatic heterocycles. The van der Waals surface area contributed by atoms with Gasteiger partial charge in [0.1, 0.15) is 6.17 Å². The minimum absolute atomic E-state index is 0.0452. The molecular weight excluding hydrogens is 290 g/mol. The minimum atomic E-state index is -0.465. The van der Waals surface area contributed by atoms with Crippen molar-refractivity contribution in [2.45, 2.75) is 19.1 Å². The molecule has 6 N–H and O–H groups in total. The van der Waals surface area contributed by atoms with E-state index in [2.05, 4.69) is 15.6 Å². The quantitative estimate of drug-likeness (QED) is 0.649. The van der Waals surface area contributed by atoms with Gasteiger partial charge in [0, 0.05) is 17.3 Å². The largest absolute Gasteiger partial charge is 0.399 e. The van der Waals surface area contributed by atoms with Crippen molar-refractivity contribution < 1.29 is 4.79 Å². The Bertz CT molecular complexity index is 771. The predicted octanol–water partition coefficient (Wildman–Crippen LogP) is 2.17. The van der Waals surface area contributed by atoms with E-state index in [1.165, 1.54) is 0 Å². The zero-order valence-electron chi connectivity index (χ0n) is 12.8. The Kier molecular flexibility index (Phi) is 3.99. The van der Waals surface area contributed by atoms with E-state index in [0.717, 1.165) is 16.8 Å². The van der Waals surface area contributed by atoms with Crippen molar-refractivity contribution in [3.05, 3.63) is 59.2 Å². The maximum absolute atomic E-state index is 11.6. The number of primary amides is 1. The van der Waals surface area contributed by atoms with Gasteiger partial charge >= 0.3 is 0 Å². The van der Waals surface area contributed by atoms with Crippen LogP contribution >= 0.6 is 0 Å². The number of anilines is 2. The summed E-state index contributed by atoms with van der Waals surface area (Å²) in [6.45, 7) is 2.05. The number of nitrogens with zero attached hydrogens (tertiary/aromatic N) is 1. The summed E-state index contributed by atoms with van der Waals surface area (Å²) in [5.41, 5.74) is 15.1. The topological polar surface area (TPSA) is 106 Å². The van der Waals surface area contributed by atoms with Crippen LogP contribution in [0.5, 0.6) is 0 Å². The molecule has 118 valence electrons. The molecule has 3 rings (SSSR count). The summed E-state index contributed by atoms with van der Waals surface area (Å²) in [6.07, 6.45) is 1.32. The van der Waals surface area contributed by atoms with Crippen LogP contribution in [0.1, 0.15) is 40.6 Å². The first-order valence-electron chi connectivity index (χ1n) is 7.38. The number of nitrogens with two attached hydrogens (primary N) is 2. The van der Waals surface area contributed by atoms with Crippen LogP contribution in [0.4, 0.5) is 11.4 Å². The molecule has 1 aliphatic heterocycles. The number of hydrogen-bond donors (Lipinski definition) is 4. The Morgan fingerprint density at radius 3 is 2.83 bits per heavy atom. The zero-order chi connectivity index (χ0) is 16.4. The van der Waals surface area contributed by atoms with Crippen LogP contribution in [-0.2, 0) is 0 Å². The SMILES string of the molecule is CC(NC1N=CNc2c(C(N)=O)cccc21)c1cccc(N)c1. The van der Waals surface area contributed by atoms with E-state index in [1.54, 1.807) is 18.5 Å². The highest BCUT2D eigenvalue weighted by Gasteiger charge is 2.23. The number of carbonyl (C=O) groups excluding carboxylic acids is 1. The van der Waals surface area contributed by atoms with Gasteiger partial charge in [-0.25, -0.2) is 0 Å². The molecule has 0 bridgehead atoms. The van der Waals surface area contributed by atoms with E-state index < -0.39 is 5.91 Å². The van der Waals surface area contributed by atoms with Crippen LogP contribution < -0.4 is 22.1 Å². The lowest BCUT2D eigenvalue weighted by atomic mass is 10.0. The number of fused-ring (bicyclic) bond motifs is 1. The Balaban J connectivity index is 1.88. The third-order valence-electron chi connectivity index (χ3n) is 3.91. The van der Waals surface area contributed by atoms with Crippen molar-refractivity contribution in [3.8, 4) is 0 Å². The van der Waals surface area contributed by atoms with Crippen molar-refractivity contribution in [2.75, 3.05) is 11.1 Å². The Hall–Kier alpha value is -2.86. The average molecular weight is 309 g/mol. The summed E-state index contributed by atoms with van der Waals surface area (Å²) in [5.74, 6) is -0.465. The summed E-state index contributed by atoms with van der Waals surface area (Å²) in [5, 5.41) is 6.45. The van der Waals surface area contributed by atoms with E-state index >= 15 is 0 Å². The van der Waals surface area contributed by atoms with Gasteiger partial charge in [-0.2, -0.15) is 0 Å². The van der Waals surface area contributed by atoms with Crippen molar-refractivity contribution in [1.29, 1.82) is 0 Å². The molecule has 2 aromatic rings. The standard InChI is InChI=1S/C17H19N5O/c1-10(11-4-2-5-12(18)8-11)22-17-14-7-3-6-13(16(19)23)15(14)20-9-21-17/h2-10,17,22H,18H2,1H3,(H2,19,23)(H,20,21). The number of carbonyl (C=O) groups is 1. The molecule has 2 atom stereocenters. The van der Waals surface area contributed by atoms with Gasteiger partial charge in [-0.05, 0) is 30.7 Å². The average Bonchev–Trinajstić information content (AvgIpc) is 2.54. The van der Waals surface area contributed by atoms with Crippen LogP contribution in [0.25, 0.3) is 0 Å². The number of hydrogen-bond acceptors (Lipinski definition) is 5. The van der Waals surface area contributed by atoms with Gasteiger partial charge in [-0.1, -0.05) is 24.3 Å². The second-order valence-corrected chi connectivity index (χ2v) is 5.52. The van der Waals surface area contributed by atoms with Crippen LogP contribution in [-0.4, -0.2) is 12.2 Å². The molecule has 23 heavy (non-hydrogen) atoms. The van der Waals surface area contributed by atoms with Crippen LogP contribution in [0, 0.1) is 0 Å². The number of nitrogens with one attached hydrogen (secondary N) is 2. The van der Waals surface area contributed by atoms with E-state index in [-0.39, 0.29) is 12.2 Å². The number of para-hydroxylation sites is 1. The van der Waals surface area contributed by atoms with E-state index in [1.807, 2.05) is 37.3 Å². The first kappa shape index (κ1) is 15.1. The zero-order valence-corrected chi connectivity index (χ0v) is 12.8. The predicted molar refractivity (Wildman–Crippen MR) is 92.2 cm³/mol. The normalized spacial score (nSPS) is 17.2. The highest BCUT2D eigenvalue weighted by atomic mass is 16.1. The number of nitrogen functional groups attached to an aromatic ring is 1. The fourth-order valence-corrected chi connectivity index (χ4v) is 2.72. The van der Waals surface area contributed by atoms with E-state index in [4.69, 9.17) is 11.5 Å². The van der Waals surface area contributed by atoms with E-state index in [9.17, 15) is 4.79 Å². The summed E-state index contributed by atoms with van der Waals surface area (Å²) < 4.78 is 0. The van der Waals surface area contributed by atoms with Crippen molar-refractivity contribution >= 4 is 23.6 Å². The molecule has 6 heteroatoms. The molecule has 1 aliphatic rings. The highest BCUT2D eigenvalue weighted by Crippen LogP contribution is 2.31. The molecule has 0 spiro atoms. The first-order chi connectivity index (χ1) is 11.1. The Morgan fingerprint density at radius 2 is 2.09 bits per heavy atom. The van der Waals surface area contributed by atoms with E-state index in [0.29, 0.717) is 11.3 Å². The van der Waals surface area contributed by atoms with Gasteiger partial charge in [-0.3, -0.25) is 15.1 Å². The molecule has 0 radical (unpaired) electrons. The summed E-state index contributed by atoms with van der Waals surface area (Å²) in [6, 6.07) is 13.2. The van der Waals surface area contributed by atoms with Gasteiger partial charge in [0.25, 0.3) is 5.91 Å².